The molecule has 0 bridgehead atoms. The maximum Gasteiger partial charge on any atom is 0.161 e. The fraction of sp³-hybridized carbons (Fsp3) is 0.308. The number of nitrogens with zero attached hydrogens (tertiary/aromatic N) is 1. The molecule has 1 aromatic carbocycles. The minimum atomic E-state index is 0.478. The van der Waals surface area contributed by atoms with E-state index in [1.54, 1.807) is 17.5 Å². The number of rotatable bonds is 6. The molecule has 0 fully saturated rings. The number of hydrogen-bond acceptors (Lipinski definition) is 4. The largest absolute Gasteiger partial charge is 0.490 e. The maximum atomic E-state index is 5.74. The summed E-state index contributed by atoms with van der Waals surface area (Å²) in [5, 5.41) is 3.71. The van der Waals surface area contributed by atoms with Crippen molar-refractivity contribution in [1.82, 2.24) is 4.98 Å². The average Bonchev–Trinajstić information content (AvgIpc) is 2.90. The fourth-order valence-corrected chi connectivity index (χ4v) is 2.36. The monoisotopic (exact) mass is 327 g/mol. The van der Waals surface area contributed by atoms with Gasteiger partial charge in [-0.25, -0.2) is 4.98 Å². The molecule has 5 heteroatoms. The van der Waals surface area contributed by atoms with Crippen LogP contribution in [0, 0.1) is 0 Å². The molecule has 0 unspecified atom stereocenters. The second kappa shape index (κ2) is 6.75. The number of halogens is 1. The van der Waals surface area contributed by atoms with Gasteiger partial charge in [-0.1, -0.05) is 22.0 Å². The lowest BCUT2D eigenvalue weighted by Crippen LogP contribution is -1.99. The molecule has 0 aliphatic rings. The number of thiazole rings is 1. The van der Waals surface area contributed by atoms with Crippen molar-refractivity contribution in [3.8, 4) is 11.5 Å². The number of ether oxygens (including phenoxy) is 2. The number of hydrogen-bond donors (Lipinski definition) is 0. The van der Waals surface area contributed by atoms with Gasteiger partial charge in [-0.05, 0) is 24.6 Å². The van der Waals surface area contributed by atoms with Gasteiger partial charge in [0.15, 0.2) is 11.5 Å². The highest BCUT2D eigenvalue weighted by atomic mass is 79.9. The SMILES string of the molecule is CCOc1cc(CBr)ccc1OCc1nccs1. The summed E-state index contributed by atoms with van der Waals surface area (Å²) in [6.45, 7) is 3.07. The fourth-order valence-electron chi connectivity index (χ4n) is 1.49. The maximum absolute atomic E-state index is 5.74. The van der Waals surface area contributed by atoms with Crippen LogP contribution in [-0.4, -0.2) is 11.6 Å². The smallest absolute Gasteiger partial charge is 0.161 e. The van der Waals surface area contributed by atoms with Crippen LogP contribution in [0.4, 0.5) is 0 Å². The number of benzene rings is 1. The van der Waals surface area contributed by atoms with Crippen LogP contribution in [0.25, 0.3) is 0 Å². The molecule has 0 atom stereocenters. The van der Waals surface area contributed by atoms with E-state index in [9.17, 15) is 0 Å². The topological polar surface area (TPSA) is 31.4 Å². The van der Waals surface area contributed by atoms with Crippen LogP contribution in [0.2, 0.25) is 0 Å². The number of aromatic nitrogens is 1. The van der Waals surface area contributed by atoms with Gasteiger partial charge in [0.1, 0.15) is 11.6 Å². The molecule has 3 nitrogen and oxygen atoms in total. The molecular weight excluding hydrogens is 314 g/mol. The van der Waals surface area contributed by atoms with Gasteiger partial charge in [0.25, 0.3) is 0 Å². The predicted octanol–water partition coefficient (Wildman–Crippen LogP) is 4.02. The van der Waals surface area contributed by atoms with Crippen LogP contribution in [0.5, 0.6) is 11.5 Å². The minimum absolute atomic E-state index is 0.478. The van der Waals surface area contributed by atoms with Crippen molar-refractivity contribution in [2.24, 2.45) is 0 Å². The van der Waals surface area contributed by atoms with Gasteiger partial charge in [0.2, 0.25) is 0 Å². The molecule has 2 rings (SSSR count). The lowest BCUT2D eigenvalue weighted by molar-refractivity contribution is 0.269. The van der Waals surface area contributed by atoms with Crippen LogP contribution in [0.3, 0.4) is 0 Å². The third kappa shape index (κ3) is 3.46. The summed E-state index contributed by atoms with van der Waals surface area (Å²) in [5.74, 6) is 1.54. The van der Waals surface area contributed by atoms with Gasteiger partial charge in [0, 0.05) is 16.9 Å². The Hall–Kier alpha value is -1.07. The van der Waals surface area contributed by atoms with Crippen LogP contribution < -0.4 is 9.47 Å². The Bertz CT molecular complexity index is 488. The first-order chi connectivity index (χ1) is 8.83. The molecule has 2 aromatic rings. The van der Waals surface area contributed by atoms with Gasteiger partial charge in [-0.15, -0.1) is 11.3 Å². The summed E-state index contributed by atoms with van der Waals surface area (Å²) >= 11 is 5.02. The van der Waals surface area contributed by atoms with E-state index >= 15 is 0 Å². The third-order valence-electron chi connectivity index (χ3n) is 2.30. The van der Waals surface area contributed by atoms with Crippen LogP contribution in [0.1, 0.15) is 17.5 Å². The quantitative estimate of drug-likeness (QED) is 0.751. The molecule has 0 amide bonds. The Morgan fingerprint density at radius 2 is 2.17 bits per heavy atom. The lowest BCUT2D eigenvalue weighted by atomic mass is 10.2. The minimum Gasteiger partial charge on any atom is -0.490 e. The molecule has 0 aliphatic heterocycles. The van der Waals surface area contributed by atoms with E-state index in [1.165, 1.54) is 5.56 Å². The zero-order chi connectivity index (χ0) is 12.8. The van der Waals surface area contributed by atoms with Crippen molar-refractivity contribution in [3.63, 3.8) is 0 Å². The zero-order valence-corrected chi connectivity index (χ0v) is 12.5. The van der Waals surface area contributed by atoms with Crippen molar-refractivity contribution >= 4 is 27.3 Å². The van der Waals surface area contributed by atoms with Gasteiger partial charge in [-0.3, -0.25) is 0 Å². The highest BCUT2D eigenvalue weighted by molar-refractivity contribution is 9.08. The zero-order valence-electron chi connectivity index (χ0n) is 10.1. The summed E-state index contributed by atoms with van der Waals surface area (Å²) < 4.78 is 11.3. The van der Waals surface area contributed by atoms with E-state index < -0.39 is 0 Å². The molecule has 0 N–H and O–H groups in total. The van der Waals surface area contributed by atoms with E-state index in [0.29, 0.717) is 13.2 Å². The number of alkyl halides is 1. The molecular formula is C13H14BrNO2S. The molecule has 1 heterocycles. The molecule has 0 spiro atoms. The summed E-state index contributed by atoms with van der Waals surface area (Å²) in [6.07, 6.45) is 1.78. The Morgan fingerprint density at radius 3 is 2.83 bits per heavy atom. The van der Waals surface area contributed by atoms with Gasteiger partial charge in [0.05, 0.1) is 6.61 Å². The van der Waals surface area contributed by atoms with Crippen molar-refractivity contribution in [1.29, 1.82) is 0 Å². The molecule has 18 heavy (non-hydrogen) atoms. The van der Waals surface area contributed by atoms with Crippen molar-refractivity contribution in [2.45, 2.75) is 18.9 Å². The molecule has 0 radical (unpaired) electrons. The second-order valence-corrected chi connectivity index (χ2v) is 5.10. The van der Waals surface area contributed by atoms with E-state index in [2.05, 4.69) is 20.9 Å². The van der Waals surface area contributed by atoms with Crippen molar-refractivity contribution < 1.29 is 9.47 Å². The standard InChI is InChI=1S/C13H14BrNO2S/c1-2-16-12-7-10(8-14)3-4-11(12)17-9-13-15-5-6-18-13/h3-7H,2,8-9H2,1H3. The van der Waals surface area contributed by atoms with Crippen LogP contribution in [-0.2, 0) is 11.9 Å². The van der Waals surface area contributed by atoms with Crippen LogP contribution >= 0.6 is 27.3 Å². The van der Waals surface area contributed by atoms with Crippen LogP contribution in [0.15, 0.2) is 29.8 Å². The van der Waals surface area contributed by atoms with E-state index in [-0.39, 0.29) is 0 Å². The summed E-state index contributed by atoms with van der Waals surface area (Å²) in [5.41, 5.74) is 1.17. The predicted molar refractivity (Wildman–Crippen MR) is 76.7 cm³/mol. The Kier molecular flexibility index (Phi) is 5.01. The van der Waals surface area contributed by atoms with Gasteiger partial charge < -0.3 is 9.47 Å². The molecule has 1 aromatic heterocycles. The summed E-state index contributed by atoms with van der Waals surface area (Å²) in [6, 6.07) is 5.96. The Morgan fingerprint density at radius 1 is 1.28 bits per heavy atom. The Balaban J connectivity index is 2.10. The summed E-state index contributed by atoms with van der Waals surface area (Å²) in [7, 11) is 0. The second-order valence-electron chi connectivity index (χ2n) is 3.56. The highest BCUT2D eigenvalue weighted by Gasteiger charge is 2.07. The van der Waals surface area contributed by atoms with Gasteiger partial charge in [-0.2, -0.15) is 0 Å². The molecule has 0 aliphatic carbocycles. The first-order valence-corrected chi connectivity index (χ1v) is 7.66. The Labute approximate surface area is 119 Å². The van der Waals surface area contributed by atoms with Crippen molar-refractivity contribution in [3.05, 3.63) is 40.3 Å². The molecule has 96 valence electrons. The lowest BCUT2D eigenvalue weighted by Gasteiger charge is -2.12. The van der Waals surface area contributed by atoms with E-state index in [1.807, 2.05) is 30.5 Å². The average molecular weight is 328 g/mol. The first-order valence-electron chi connectivity index (χ1n) is 5.66. The third-order valence-corrected chi connectivity index (χ3v) is 3.70. The highest BCUT2D eigenvalue weighted by Crippen LogP contribution is 2.30. The van der Waals surface area contributed by atoms with Crippen molar-refractivity contribution in [2.75, 3.05) is 6.61 Å². The molecule has 0 saturated heterocycles. The first kappa shape index (κ1) is 13.4. The van der Waals surface area contributed by atoms with E-state index in [4.69, 9.17) is 9.47 Å². The van der Waals surface area contributed by atoms with Gasteiger partial charge >= 0.3 is 0 Å². The molecule has 0 saturated carbocycles. The normalized spacial score (nSPS) is 10.3. The summed E-state index contributed by atoms with van der Waals surface area (Å²) in [4.78, 5) is 4.19. The van der Waals surface area contributed by atoms with E-state index in [0.717, 1.165) is 21.8 Å².